The Balaban J connectivity index is 1.88. The highest BCUT2D eigenvalue weighted by molar-refractivity contribution is 5.89. The number of carbonyl (C=O) groups is 2. The zero-order chi connectivity index (χ0) is 27.4. The molecule has 0 aliphatic rings. The smallest absolute Gasteiger partial charge is 0.290 e. The predicted octanol–water partition coefficient (Wildman–Crippen LogP) is 8.72. The maximum absolute atomic E-state index is 12.5. The summed E-state index contributed by atoms with van der Waals surface area (Å²) in [5.41, 5.74) is 3.13. The quantitative estimate of drug-likeness (QED) is 0.0743. The summed E-state index contributed by atoms with van der Waals surface area (Å²) in [6, 6.07) is 14.6. The van der Waals surface area contributed by atoms with Gasteiger partial charge in [0.25, 0.3) is 0 Å². The summed E-state index contributed by atoms with van der Waals surface area (Å²) >= 11 is 0. The van der Waals surface area contributed by atoms with E-state index in [9.17, 15) is 9.59 Å². The molecule has 0 bridgehead atoms. The van der Waals surface area contributed by atoms with Crippen molar-refractivity contribution in [1.29, 1.82) is 0 Å². The standard InChI is InChI=1S/C32H46O6/c1-4-7-10-11-12-13-14-17-30(35-37-31(33)28-22-18-26(19-23-28)15-8-5-2)36-38-32(34)29-24-20-27(21-25-29)16-9-6-3/h18-25,30H,4-17H2,1-3H3. The summed E-state index contributed by atoms with van der Waals surface area (Å²) in [5, 5.41) is 0. The molecule has 2 aromatic rings. The number of unbranched alkanes of at least 4 members (excludes halogenated alkanes) is 8. The Morgan fingerprint density at radius 2 is 0.947 bits per heavy atom. The number of aryl methyl sites for hydroxylation is 2. The Morgan fingerprint density at radius 1 is 0.553 bits per heavy atom. The molecule has 0 fully saturated rings. The van der Waals surface area contributed by atoms with Crippen LogP contribution in [0.2, 0.25) is 0 Å². The van der Waals surface area contributed by atoms with Crippen molar-refractivity contribution in [3.05, 3.63) is 70.8 Å². The fraction of sp³-hybridized carbons (Fsp3) is 0.562. The van der Waals surface area contributed by atoms with E-state index >= 15 is 0 Å². The third kappa shape index (κ3) is 12.7. The molecular formula is C32H46O6. The molecule has 38 heavy (non-hydrogen) atoms. The van der Waals surface area contributed by atoms with E-state index in [2.05, 4.69) is 20.8 Å². The van der Waals surface area contributed by atoms with E-state index in [1.165, 1.54) is 36.8 Å². The van der Waals surface area contributed by atoms with E-state index in [1.54, 1.807) is 24.3 Å². The number of benzene rings is 2. The molecule has 0 heterocycles. The van der Waals surface area contributed by atoms with Crippen LogP contribution in [-0.2, 0) is 32.4 Å². The minimum absolute atomic E-state index is 0.389. The Kier molecular flexibility index (Phi) is 16.1. The Labute approximate surface area is 228 Å². The van der Waals surface area contributed by atoms with Gasteiger partial charge >= 0.3 is 11.9 Å². The first-order valence-electron chi connectivity index (χ1n) is 14.5. The molecule has 6 nitrogen and oxygen atoms in total. The van der Waals surface area contributed by atoms with Crippen molar-refractivity contribution < 1.29 is 29.1 Å². The summed E-state index contributed by atoms with van der Waals surface area (Å²) in [7, 11) is 0. The van der Waals surface area contributed by atoms with Gasteiger partial charge in [-0.1, -0.05) is 96.4 Å². The first-order chi connectivity index (χ1) is 18.6. The van der Waals surface area contributed by atoms with E-state index in [4.69, 9.17) is 19.6 Å². The molecular weight excluding hydrogens is 480 g/mol. The molecule has 0 atom stereocenters. The minimum atomic E-state index is -1.01. The van der Waals surface area contributed by atoms with Gasteiger partial charge in [0.1, 0.15) is 0 Å². The highest BCUT2D eigenvalue weighted by Gasteiger charge is 2.19. The second-order valence-corrected chi connectivity index (χ2v) is 9.87. The molecule has 0 radical (unpaired) electrons. The zero-order valence-electron chi connectivity index (χ0n) is 23.5. The van der Waals surface area contributed by atoms with E-state index < -0.39 is 18.2 Å². The second kappa shape index (κ2) is 19.4. The van der Waals surface area contributed by atoms with Gasteiger partial charge in [0, 0.05) is 6.42 Å². The highest BCUT2D eigenvalue weighted by atomic mass is 17.3. The van der Waals surface area contributed by atoms with Crippen molar-refractivity contribution in [2.24, 2.45) is 0 Å². The van der Waals surface area contributed by atoms with Crippen LogP contribution in [0.25, 0.3) is 0 Å². The first kappa shape index (κ1) is 31.5. The maximum Gasteiger partial charge on any atom is 0.373 e. The lowest BCUT2D eigenvalue weighted by atomic mass is 10.1. The van der Waals surface area contributed by atoms with Crippen molar-refractivity contribution in [2.45, 2.75) is 117 Å². The predicted molar refractivity (Wildman–Crippen MR) is 150 cm³/mol. The van der Waals surface area contributed by atoms with Crippen molar-refractivity contribution in [3.8, 4) is 0 Å². The summed E-state index contributed by atoms with van der Waals surface area (Å²) in [6.45, 7) is 6.49. The largest absolute Gasteiger partial charge is 0.373 e. The number of hydrogen-bond donors (Lipinski definition) is 0. The summed E-state index contributed by atoms with van der Waals surface area (Å²) in [6.07, 6.45) is 13.6. The molecule has 0 saturated carbocycles. The van der Waals surface area contributed by atoms with Gasteiger partial charge in [0.15, 0.2) is 0 Å². The Bertz CT molecular complexity index is 839. The van der Waals surface area contributed by atoms with Gasteiger partial charge in [0.05, 0.1) is 11.1 Å². The van der Waals surface area contributed by atoms with Crippen LogP contribution in [0.3, 0.4) is 0 Å². The molecule has 2 aromatic carbocycles. The van der Waals surface area contributed by atoms with Crippen molar-refractivity contribution in [3.63, 3.8) is 0 Å². The molecule has 0 saturated heterocycles. The van der Waals surface area contributed by atoms with Crippen LogP contribution in [0.5, 0.6) is 0 Å². The van der Waals surface area contributed by atoms with Crippen LogP contribution in [0.4, 0.5) is 0 Å². The molecule has 0 amide bonds. The van der Waals surface area contributed by atoms with Crippen LogP contribution >= 0.6 is 0 Å². The molecule has 210 valence electrons. The van der Waals surface area contributed by atoms with Gasteiger partial charge in [-0.05, 0) is 67.5 Å². The number of rotatable bonds is 20. The summed E-state index contributed by atoms with van der Waals surface area (Å²) < 4.78 is 0. The van der Waals surface area contributed by atoms with Gasteiger partial charge in [0.2, 0.25) is 6.29 Å². The lowest BCUT2D eigenvalue weighted by molar-refractivity contribution is -0.421. The SMILES string of the molecule is CCCCCCCCCC(OOC(=O)c1ccc(CCCC)cc1)OOC(=O)c1ccc(CCCC)cc1. The van der Waals surface area contributed by atoms with Gasteiger partial charge in [-0.2, -0.15) is 0 Å². The third-order valence-electron chi connectivity index (χ3n) is 6.52. The molecule has 0 aliphatic carbocycles. The Hall–Kier alpha value is -2.70. The normalized spacial score (nSPS) is 11.1. The van der Waals surface area contributed by atoms with Crippen molar-refractivity contribution in [1.82, 2.24) is 0 Å². The minimum Gasteiger partial charge on any atom is -0.290 e. The average molecular weight is 527 g/mol. The molecule has 0 N–H and O–H groups in total. The van der Waals surface area contributed by atoms with Crippen LogP contribution in [-0.4, -0.2) is 18.2 Å². The van der Waals surface area contributed by atoms with Crippen molar-refractivity contribution in [2.75, 3.05) is 0 Å². The second-order valence-electron chi connectivity index (χ2n) is 9.87. The van der Waals surface area contributed by atoms with E-state index in [0.29, 0.717) is 17.5 Å². The Morgan fingerprint density at radius 3 is 1.37 bits per heavy atom. The monoisotopic (exact) mass is 526 g/mol. The molecule has 0 unspecified atom stereocenters. The van der Waals surface area contributed by atoms with Gasteiger partial charge in [-0.25, -0.2) is 9.59 Å². The van der Waals surface area contributed by atoms with E-state index in [0.717, 1.165) is 57.8 Å². The van der Waals surface area contributed by atoms with Crippen LogP contribution in [0.1, 0.15) is 130 Å². The van der Waals surface area contributed by atoms with Crippen molar-refractivity contribution >= 4 is 11.9 Å². The molecule has 6 heteroatoms. The van der Waals surface area contributed by atoms with E-state index in [1.807, 2.05) is 24.3 Å². The number of hydrogen-bond acceptors (Lipinski definition) is 6. The van der Waals surface area contributed by atoms with Gasteiger partial charge in [-0.3, -0.25) is 9.78 Å². The van der Waals surface area contributed by atoms with Gasteiger partial charge < -0.3 is 0 Å². The fourth-order valence-corrected chi connectivity index (χ4v) is 4.05. The van der Waals surface area contributed by atoms with Gasteiger partial charge in [-0.15, -0.1) is 9.78 Å². The van der Waals surface area contributed by atoms with Crippen LogP contribution in [0.15, 0.2) is 48.5 Å². The van der Waals surface area contributed by atoms with E-state index in [-0.39, 0.29) is 0 Å². The topological polar surface area (TPSA) is 71.1 Å². The molecule has 0 spiro atoms. The lowest BCUT2D eigenvalue weighted by Crippen LogP contribution is -2.22. The highest BCUT2D eigenvalue weighted by Crippen LogP contribution is 2.16. The fourth-order valence-electron chi connectivity index (χ4n) is 4.05. The maximum atomic E-state index is 12.5. The van der Waals surface area contributed by atoms with Crippen LogP contribution < -0.4 is 0 Å². The summed E-state index contributed by atoms with van der Waals surface area (Å²) in [5.74, 6) is -1.23. The van der Waals surface area contributed by atoms with Crippen LogP contribution in [0, 0.1) is 0 Å². The summed E-state index contributed by atoms with van der Waals surface area (Å²) in [4.78, 5) is 45.7. The zero-order valence-corrected chi connectivity index (χ0v) is 23.5. The third-order valence-corrected chi connectivity index (χ3v) is 6.52. The molecule has 0 aromatic heterocycles. The molecule has 0 aliphatic heterocycles. The number of carbonyl (C=O) groups excluding carboxylic acids is 2. The first-order valence-corrected chi connectivity index (χ1v) is 14.5. The lowest BCUT2D eigenvalue weighted by Gasteiger charge is -2.15. The molecule has 2 rings (SSSR count). The average Bonchev–Trinajstić information content (AvgIpc) is 2.95.